The van der Waals surface area contributed by atoms with E-state index in [2.05, 4.69) is 10.1 Å². The number of hydrogen-bond donors (Lipinski definition) is 1. The molecule has 0 aromatic heterocycles. The van der Waals surface area contributed by atoms with Gasteiger partial charge < -0.3 is 10.1 Å². The van der Waals surface area contributed by atoms with Crippen LogP contribution in [0.15, 0.2) is 18.2 Å². The molecule has 10 heteroatoms. The summed E-state index contributed by atoms with van der Waals surface area (Å²) in [5.74, 6) is -0.696. The van der Waals surface area contributed by atoms with Gasteiger partial charge in [0.05, 0.1) is 11.3 Å². The number of piperidine rings is 1. The third-order valence-corrected chi connectivity index (χ3v) is 5.18. The highest BCUT2D eigenvalue weighted by Crippen LogP contribution is 2.29. The van der Waals surface area contributed by atoms with E-state index < -0.39 is 28.6 Å². The van der Waals surface area contributed by atoms with Crippen LogP contribution in [0.1, 0.15) is 19.3 Å². The van der Waals surface area contributed by atoms with Gasteiger partial charge in [0.15, 0.2) is 0 Å². The van der Waals surface area contributed by atoms with E-state index in [1.165, 1.54) is 22.5 Å². The molecule has 1 unspecified atom stereocenters. The number of rotatable bonds is 5. The molecule has 0 radical (unpaired) electrons. The fourth-order valence-corrected chi connectivity index (χ4v) is 3.91. The maximum absolute atomic E-state index is 12.4. The third kappa shape index (κ3) is 4.78. The van der Waals surface area contributed by atoms with Crippen molar-refractivity contribution in [3.05, 3.63) is 23.2 Å². The summed E-state index contributed by atoms with van der Waals surface area (Å²) in [6.07, 6.45) is 2.92. The van der Waals surface area contributed by atoms with Gasteiger partial charge in [-0.25, -0.2) is 8.42 Å². The molecule has 0 saturated carbocycles. The summed E-state index contributed by atoms with van der Waals surface area (Å²) in [6, 6.07) is 3.03. The van der Waals surface area contributed by atoms with Gasteiger partial charge in [-0.1, -0.05) is 18.0 Å². The van der Waals surface area contributed by atoms with Crippen LogP contribution < -0.4 is 10.1 Å². The number of hydrogen-bond acceptors (Lipinski definition) is 4. The average Bonchev–Trinajstić information content (AvgIpc) is 2.49. The topological polar surface area (TPSA) is 75.7 Å². The Balaban J connectivity index is 2.12. The average molecular weight is 383 g/mol. The molecule has 1 aromatic carbocycles. The zero-order valence-corrected chi connectivity index (χ0v) is 14.4. The van der Waals surface area contributed by atoms with E-state index in [1.807, 2.05) is 0 Å². The molecule has 0 aliphatic carbocycles. The van der Waals surface area contributed by atoms with Gasteiger partial charge in [-0.2, -0.15) is 13.1 Å². The van der Waals surface area contributed by atoms with Crippen molar-refractivity contribution in [2.45, 2.75) is 31.9 Å². The monoisotopic (exact) mass is 382 g/mol. The molecule has 134 valence electrons. The van der Waals surface area contributed by atoms with Crippen LogP contribution in [0.5, 0.6) is 5.75 Å². The number of nitrogens with zero attached hydrogens (tertiary/aromatic N) is 1. The molecule has 2 rings (SSSR count). The molecule has 1 heterocycles. The van der Waals surface area contributed by atoms with Crippen LogP contribution in [0.2, 0.25) is 5.02 Å². The summed E-state index contributed by atoms with van der Waals surface area (Å²) < 4.78 is 53.4. The highest BCUT2D eigenvalue weighted by atomic mass is 35.5. The Bertz CT molecular complexity index is 715. The fraction of sp³-hybridized carbons (Fsp3) is 0.500. The molecular weight excluding hydrogens is 366 g/mol. The minimum absolute atomic E-state index is 0.0864. The molecule has 1 N–H and O–H groups in total. The molecule has 1 atom stereocenters. The van der Waals surface area contributed by atoms with Gasteiger partial charge in [0.1, 0.15) is 11.8 Å². The van der Waals surface area contributed by atoms with Crippen molar-refractivity contribution in [2.24, 2.45) is 0 Å². The van der Waals surface area contributed by atoms with E-state index in [1.54, 1.807) is 0 Å². The van der Waals surface area contributed by atoms with Crippen molar-refractivity contribution in [3.63, 3.8) is 0 Å². The van der Waals surface area contributed by atoms with Gasteiger partial charge in [0.25, 0.3) is 0 Å². The second-order valence-electron chi connectivity index (χ2n) is 5.40. The number of carbonyl (C=O) groups excluding carboxylic acids is 1. The Morgan fingerprint density at radius 3 is 2.71 bits per heavy atom. The van der Waals surface area contributed by atoms with Crippen LogP contribution in [0.25, 0.3) is 0 Å². The molecule has 0 spiro atoms. The van der Waals surface area contributed by atoms with Crippen LogP contribution in [0.3, 0.4) is 0 Å². The summed E-state index contributed by atoms with van der Waals surface area (Å²) in [5, 5.41) is 2.48. The fourth-order valence-electron chi connectivity index (χ4n) is 2.56. The van der Waals surface area contributed by atoms with Crippen LogP contribution >= 0.6 is 11.6 Å². The SMILES string of the molecule is CS(=O)(=O)N1CCCCC1C(=O)Nc1ccc(OC(F)F)c(Cl)c1. The lowest BCUT2D eigenvalue weighted by Gasteiger charge is -2.32. The van der Waals surface area contributed by atoms with Gasteiger partial charge in [-0.3, -0.25) is 4.79 Å². The van der Waals surface area contributed by atoms with E-state index in [0.717, 1.165) is 12.7 Å². The van der Waals surface area contributed by atoms with Gasteiger partial charge in [0.2, 0.25) is 15.9 Å². The predicted octanol–water partition coefficient (Wildman–Crippen LogP) is 2.69. The standard InChI is InChI=1S/C14H17ClF2N2O4S/c1-24(21,22)19-7-3-2-4-11(19)13(20)18-9-5-6-12(10(15)8-9)23-14(16)17/h5-6,8,11,14H,2-4,7H2,1H3,(H,18,20). The number of nitrogens with one attached hydrogen (secondary N) is 1. The first-order valence-corrected chi connectivity index (χ1v) is 9.43. The lowest BCUT2D eigenvalue weighted by atomic mass is 10.0. The first-order chi connectivity index (χ1) is 11.2. The highest BCUT2D eigenvalue weighted by Gasteiger charge is 2.34. The Morgan fingerprint density at radius 1 is 1.42 bits per heavy atom. The molecule has 0 bridgehead atoms. The summed E-state index contributed by atoms with van der Waals surface area (Å²) >= 11 is 5.83. The Morgan fingerprint density at radius 2 is 2.12 bits per heavy atom. The second-order valence-corrected chi connectivity index (χ2v) is 7.74. The predicted molar refractivity (Wildman–Crippen MR) is 85.9 cm³/mol. The van der Waals surface area contributed by atoms with E-state index in [-0.39, 0.29) is 16.5 Å². The molecule has 6 nitrogen and oxygen atoms in total. The third-order valence-electron chi connectivity index (χ3n) is 3.60. The lowest BCUT2D eigenvalue weighted by Crippen LogP contribution is -2.49. The molecule has 1 amide bonds. The molecule has 24 heavy (non-hydrogen) atoms. The first kappa shape index (κ1) is 18.9. The van der Waals surface area contributed by atoms with Crippen molar-refractivity contribution in [2.75, 3.05) is 18.1 Å². The summed E-state index contributed by atoms with van der Waals surface area (Å²) in [4.78, 5) is 12.4. The number of anilines is 1. The summed E-state index contributed by atoms with van der Waals surface area (Å²) in [6.45, 7) is -2.72. The van der Waals surface area contributed by atoms with E-state index in [9.17, 15) is 22.0 Å². The zero-order chi connectivity index (χ0) is 17.9. The van der Waals surface area contributed by atoms with Crippen molar-refractivity contribution >= 4 is 33.2 Å². The summed E-state index contributed by atoms with van der Waals surface area (Å²) in [7, 11) is -3.50. The van der Waals surface area contributed by atoms with E-state index in [4.69, 9.17) is 11.6 Å². The smallest absolute Gasteiger partial charge is 0.387 e. The van der Waals surface area contributed by atoms with E-state index >= 15 is 0 Å². The van der Waals surface area contributed by atoms with Crippen LogP contribution in [0.4, 0.5) is 14.5 Å². The molecule has 1 aliphatic heterocycles. The normalized spacial score (nSPS) is 19.3. The van der Waals surface area contributed by atoms with Crippen LogP contribution in [-0.2, 0) is 14.8 Å². The number of halogens is 3. The number of benzene rings is 1. The maximum Gasteiger partial charge on any atom is 0.387 e. The quantitative estimate of drug-likeness (QED) is 0.849. The molecule has 1 aliphatic rings. The zero-order valence-electron chi connectivity index (χ0n) is 12.8. The summed E-state index contributed by atoms with van der Waals surface area (Å²) in [5.41, 5.74) is 0.269. The number of sulfonamides is 1. The number of alkyl halides is 2. The van der Waals surface area contributed by atoms with Gasteiger partial charge >= 0.3 is 6.61 Å². The molecule has 1 aromatic rings. The molecular formula is C14H17ClF2N2O4S. The van der Waals surface area contributed by atoms with Crippen molar-refractivity contribution in [1.82, 2.24) is 4.31 Å². The highest BCUT2D eigenvalue weighted by molar-refractivity contribution is 7.88. The molecule has 1 fully saturated rings. The maximum atomic E-state index is 12.4. The van der Waals surface area contributed by atoms with Crippen molar-refractivity contribution < 1.29 is 26.7 Å². The Kier molecular flexibility index (Phi) is 6.00. The second kappa shape index (κ2) is 7.62. The minimum atomic E-state index is -3.50. The van der Waals surface area contributed by atoms with Gasteiger partial charge in [0, 0.05) is 12.2 Å². The largest absolute Gasteiger partial charge is 0.433 e. The lowest BCUT2D eigenvalue weighted by molar-refractivity contribution is -0.120. The van der Waals surface area contributed by atoms with Crippen molar-refractivity contribution in [1.29, 1.82) is 0 Å². The Labute approximate surface area is 143 Å². The molecule has 1 saturated heterocycles. The van der Waals surface area contributed by atoms with E-state index in [0.29, 0.717) is 19.4 Å². The number of carbonyl (C=O) groups is 1. The van der Waals surface area contributed by atoms with Crippen LogP contribution in [-0.4, -0.2) is 44.1 Å². The Hall–Kier alpha value is -1.45. The number of amides is 1. The number of ether oxygens (including phenoxy) is 1. The first-order valence-electron chi connectivity index (χ1n) is 7.20. The van der Waals surface area contributed by atoms with Crippen LogP contribution in [0, 0.1) is 0 Å². The minimum Gasteiger partial charge on any atom is -0.433 e. The van der Waals surface area contributed by atoms with Crippen molar-refractivity contribution in [3.8, 4) is 5.75 Å². The van der Waals surface area contributed by atoms with Gasteiger partial charge in [-0.05, 0) is 31.0 Å². The van der Waals surface area contributed by atoms with Gasteiger partial charge in [-0.15, -0.1) is 0 Å².